The number of anilines is 1. The van der Waals surface area contributed by atoms with E-state index >= 15 is 0 Å². The van der Waals surface area contributed by atoms with Gasteiger partial charge in [0.15, 0.2) is 0 Å². The number of hydrogen-bond donors (Lipinski definition) is 3. The van der Waals surface area contributed by atoms with Gasteiger partial charge in [0.2, 0.25) is 5.91 Å². The number of carbonyl (C=O) groups excluding carboxylic acids is 1. The summed E-state index contributed by atoms with van der Waals surface area (Å²) in [6.45, 7) is 2.13. The Morgan fingerprint density at radius 1 is 1.25 bits per heavy atom. The number of nitrogens with one attached hydrogen (secondary N) is 3. The Labute approximate surface area is 116 Å². The van der Waals surface area contributed by atoms with Crippen LogP contribution in [0.1, 0.15) is 31.2 Å². The molecule has 0 unspecified atom stereocenters. The molecule has 0 aliphatic rings. The van der Waals surface area contributed by atoms with Crippen molar-refractivity contribution in [3.63, 3.8) is 0 Å². The van der Waals surface area contributed by atoms with Crippen molar-refractivity contribution in [3.8, 4) is 0 Å². The summed E-state index contributed by atoms with van der Waals surface area (Å²) in [4.78, 5) is 25.1. The fourth-order valence-corrected chi connectivity index (χ4v) is 1.92. The van der Waals surface area contributed by atoms with Crippen LogP contribution in [0.15, 0.2) is 29.1 Å². The fraction of sp³-hybridized carbons (Fsp3) is 0.357. The first-order valence-electron chi connectivity index (χ1n) is 6.69. The van der Waals surface area contributed by atoms with E-state index in [4.69, 9.17) is 0 Å². The van der Waals surface area contributed by atoms with E-state index in [-0.39, 0.29) is 18.0 Å². The lowest BCUT2D eigenvalue weighted by Gasteiger charge is -2.05. The number of H-pyrrole nitrogens is 2. The predicted octanol–water partition coefficient (Wildman–Crippen LogP) is 1.62. The Morgan fingerprint density at radius 3 is 2.60 bits per heavy atom. The maximum absolute atomic E-state index is 11.8. The Morgan fingerprint density at radius 2 is 2.00 bits per heavy atom. The molecule has 2 aromatic rings. The minimum atomic E-state index is -0.355. The van der Waals surface area contributed by atoms with Crippen LogP contribution in [-0.2, 0) is 17.6 Å². The van der Waals surface area contributed by atoms with Crippen LogP contribution in [0.5, 0.6) is 0 Å². The zero-order valence-electron chi connectivity index (χ0n) is 11.4. The summed E-state index contributed by atoms with van der Waals surface area (Å²) >= 11 is 0. The number of aryl methyl sites for hydroxylation is 2. The minimum Gasteiger partial charge on any atom is -0.326 e. The number of carbonyl (C=O) groups is 1. The number of nitrogens with zero attached hydrogens (tertiary/aromatic N) is 1. The second kappa shape index (κ2) is 6.70. The minimum absolute atomic E-state index is 0.0999. The highest BCUT2D eigenvalue weighted by molar-refractivity contribution is 5.90. The number of benzene rings is 1. The second-order valence-electron chi connectivity index (χ2n) is 4.62. The van der Waals surface area contributed by atoms with Crippen molar-refractivity contribution in [3.05, 3.63) is 46.1 Å². The van der Waals surface area contributed by atoms with Gasteiger partial charge in [-0.2, -0.15) is 5.10 Å². The first-order valence-corrected chi connectivity index (χ1v) is 6.69. The maximum Gasteiger partial charge on any atom is 0.340 e. The predicted molar refractivity (Wildman–Crippen MR) is 76.6 cm³/mol. The van der Waals surface area contributed by atoms with Crippen LogP contribution in [0.3, 0.4) is 0 Å². The Bertz CT molecular complexity index is 613. The van der Waals surface area contributed by atoms with Gasteiger partial charge in [0.05, 0.1) is 0 Å². The third-order valence-electron chi connectivity index (χ3n) is 2.92. The smallest absolute Gasteiger partial charge is 0.326 e. The molecule has 0 atom stereocenters. The molecule has 6 nitrogen and oxygen atoms in total. The summed E-state index contributed by atoms with van der Waals surface area (Å²) in [6.07, 6.45) is 2.82. The van der Waals surface area contributed by atoms with Gasteiger partial charge < -0.3 is 5.32 Å². The topological polar surface area (TPSA) is 90.6 Å². The highest BCUT2D eigenvalue weighted by Gasteiger charge is 2.05. The van der Waals surface area contributed by atoms with Gasteiger partial charge in [0.25, 0.3) is 0 Å². The van der Waals surface area contributed by atoms with E-state index < -0.39 is 0 Å². The van der Waals surface area contributed by atoms with E-state index in [1.807, 2.05) is 24.3 Å². The van der Waals surface area contributed by atoms with Gasteiger partial charge in [-0.1, -0.05) is 25.5 Å². The fourth-order valence-electron chi connectivity index (χ4n) is 1.92. The van der Waals surface area contributed by atoms with E-state index in [0.717, 1.165) is 18.5 Å². The lowest BCUT2D eigenvalue weighted by Crippen LogP contribution is -2.13. The summed E-state index contributed by atoms with van der Waals surface area (Å²) in [5.74, 6) is 0.389. The van der Waals surface area contributed by atoms with Crippen LogP contribution in [0.2, 0.25) is 0 Å². The first kappa shape index (κ1) is 14.0. The van der Waals surface area contributed by atoms with Crippen molar-refractivity contribution in [1.82, 2.24) is 15.2 Å². The Balaban J connectivity index is 1.83. The third kappa shape index (κ3) is 4.08. The Hall–Kier alpha value is -2.37. The molecule has 0 aliphatic heterocycles. The summed E-state index contributed by atoms with van der Waals surface area (Å²) < 4.78 is 0. The van der Waals surface area contributed by atoms with E-state index in [0.29, 0.717) is 12.2 Å². The molecule has 1 amide bonds. The zero-order chi connectivity index (χ0) is 14.4. The van der Waals surface area contributed by atoms with Gasteiger partial charge in [-0.25, -0.2) is 9.89 Å². The number of aromatic nitrogens is 3. The molecule has 1 aromatic heterocycles. The molecular weight excluding hydrogens is 256 g/mol. The largest absolute Gasteiger partial charge is 0.340 e. The van der Waals surface area contributed by atoms with E-state index in [1.165, 1.54) is 5.56 Å². The highest BCUT2D eigenvalue weighted by Crippen LogP contribution is 2.11. The lowest BCUT2D eigenvalue weighted by molar-refractivity contribution is -0.116. The molecule has 1 heterocycles. The van der Waals surface area contributed by atoms with Crippen LogP contribution in [0, 0.1) is 0 Å². The van der Waals surface area contributed by atoms with Gasteiger partial charge in [-0.3, -0.25) is 9.78 Å². The number of amides is 1. The molecule has 106 valence electrons. The second-order valence-corrected chi connectivity index (χ2v) is 4.62. The van der Waals surface area contributed by atoms with E-state index in [2.05, 4.69) is 27.4 Å². The van der Waals surface area contributed by atoms with Gasteiger partial charge in [-0.05, 0) is 24.1 Å². The normalized spacial score (nSPS) is 10.4. The van der Waals surface area contributed by atoms with Crippen LogP contribution in [0.4, 0.5) is 5.69 Å². The van der Waals surface area contributed by atoms with Gasteiger partial charge in [0.1, 0.15) is 5.82 Å². The van der Waals surface area contributed by atoms with Crippen molar-refractivity contribution in [2.24, 2.45) is 0 Å². The van der Waals surface area contributed by atoms with Crippen molar-refractivity contribution >= 4 is 11.6 Å². The average molecular weight is 274 g/mol. The standard InChI is InChI=1S/C14H18N4O2/c1-2-3-10-4-6-11(7-5-10)15-13(19)9-8-12-16-14(20)18-17-12/h4-7H,2-3,8-9H2,1H3,(H,15,19)(H2,16,17,18,20). The molecule has 6 heteroatoms. The molecule has 0 saturated carbocycles. The van der Waals surface area contributed by atoms with Gasteiger partial charge in [0, 0.05) is 18.5 Å². The van der Waals surface area contributed by atoms with E-state index in [9.17, 15) is 9.59 Å². The summed E-state index contributed by atoms with van der Waals surface area (Å²) in [7, 11) is 0. The molecule has 1 aromatic carbocycles. The maximum atomic E-state index is 11.8. The summed E-state index contributed by atoms with van der Waals surface area (Å²) in [6, 6.07) is 7.84. The van der Waals surface area contributed by atoms with Crippen LogP contribution < -0.4 is 11.0 Å². The van der Waals surface area contributed by atoms with Crippen molar-refractivity contribution in [2.45, 2.75) is 32.6 Å². The van der Waals surface area contributed by atoms with Crippen molar-refractivity contribution in [2.75, 3.05) is 5.32 Å². The van der Waals surface area contributed by atoms with Crippen molar-refractivity contribution < 1.29 is 4.79 Å². The molecular formula is C14H18N4O2. The van der Waals surface area contributed by atoms with Crippen molar-refractivity contribution in [1.29, 1.82) is 0 Å². The molecule has 0 aliphatic carbocycles. The number of aromatic amines is 2. The first-order chi connectivity index (χ1) is 9.67. The summed E-state index contributed by atoms with van der Waals surface area (Å²) in [5, 5.41) is 8.84. The molecule has 0 saturated heterocycles. The zero-order valence-corrected chi connectivity index (χ0v) is 11.4. The van der Waals surface area contributed by atoms with Crippen LogP contribution in [0.25, 0.3) is 0 Å². The molecule has 0 fully saturated rings. The molecule has 0 bridgehead atoms. The monoisotopic (exact) mass is 274 g/mol. The molecule has 20 heavy (non-hydrogen) atoms. The van der Waals surface area contributed by atoms with Gasteiger partial charge >= 0.3 is 5.69 Å². The molecule has 0 spiro atoms. The van der Waals surface area contributed by atoms with Gasteiger partial charge in [-0.15, -0.1) is 0 Å². The average Bonchev–Trinajstić information content (AvgIpc) is 2.85. The lowest BCUT2D eigenvalue weighted by atomic mass is 10.1. The SMILES string of the molecule is CCCc1ccc(NC(=O)CCc2n[nH]c(=O)[nH]2)cc1. The number of rotatable bonds is 6. The van der Waals surface area contributed by atoms with Crippen LogP contribution in [-0.4, -0.2) is 21.1 Å². The number of hydrogen-bond acceptors (Lipinski definition) is 3. The molecule has 3 N–H and O–H groups in total. The van der Waals surface area contributed by atoms with E-state index in [1.54, 1.807) is 0 Å². The summed E-state index contributed by atoms with van der Waals surface area (Å²) in [5.41, 5.74) is 1.69. The molecule has 2 rings (SSSR count). The van der Waals surface area contributed by atoms with Crippen LogP contribution >= 0.6 is 0 Å². The Kier molecular flexibility index (Phi) is 4.70. The highest BCUT2D eigenvalue weighted by atomic mass is 16.2. The molecule has 0 radical (unpaired) electrons. The third-order valence-corrected chi connectivity index (χ3v) is 2.92. The quantitative estimate of drug-likeness (QED) is 0.747.